The second kappa shape index (κ2) is 5.09. The van der Waals surface area contributed by atoms with Crippen molar-refractivity contribution in [2.75, 3.05) is 5.75 Å². The zero-order valence-corrected chi connectivity index (χ0v) is 13.0. The topological polar surface area (TPSA) is 85.3 Å². The highest BCUT2D eigenvalue weighted by molar-refractivity contribution is 7.96. The van der Waals surface area contributed by atoms with Crippen molar-refractivity contribution >= 4 is 34.8 Å². The normalized spacial score (nSPS) is 27.8. The molecule has 3 atom stereocenters. The number of rotatable bonds is 3. The van der Waals surface area contributed by atoms with Crippen LogP contribution < -0.4 is 0 Å². The van der Waals surface area contributed by atoms with Gasteiger partial charge in [0.05, 0.1) is 12.0 Å². The molecule has 3 aliphatic rings. The lowest BCUT2D eigenvalue weighted by molar-refractivity contribution is -0.161. The molecule has 0 spiro atoms. The number of fused-ring (bicyclic) bond motifs is 2. The molecule has 1 aromatic rings. The number of cyclic esters (lactones) is 1. The first-order chi connectivity index (χ1) is 11.1. The molecule has 1 aromatic carbocycles. The quantitative estimate of drug-likeness (QED) is 0.466. The van der Waals surface area contributed by atoms with Gasteiger partial charge in [-0.25, -0.2) is 14.5 Å². The molecule has 23 heavy (non-hydrogen) atoms. The first kappa shape index (κ1) is 14.3. The number of ether oxygens (including phenoxy) is 2. The Labute approximate surface area is 134 Å². The number of hydrogen-bond donors (Lipinski definition) is 0. The summed E-state index contributed by atoms with van der Waals surface area (Å²) in [6.07, 6.45) is -0.675. The summed E-state index contributed by atoms with van der Waals surface area (Å²) in [5.41, 5.74) is 0.885. The van der Waals surface area contributed by atoms with E-state index in [-0.39, 0.29) is 28.2 Å². The standard InChI is InChI=1S/C15H13N2O5S/c1-2-23-11-7-10(18)17(11)12(16-23)14(20)22-15-9-6-4-3-5-8(9)13(19)21-15/h3-6,11,15H,2,7H2,1H3/q+1/t11-,15?,23?/m1/s1. The zero-order valence-electron chi connectivity index (χ0n) is 12.2. The van der Waals surface area contributed by atoms with Crippen LogP contribution in [0.3, 0.4) is 0 Å². The summed E-state index contributed by atoms with van der Waals surface area (Å²) >= 11 is -0.364. The summed E-state index contributed by atoms with van der Waals surface area (Å²) in [4.78, 5) is 37.3. The van der Waals surface area contributed by atoms with E-state index in [9.17, 15) is 14.4 Å². The maximum absolute atomic E-state index is 12.4. The molecule has 4 rings (SSSR count). The Hall–Kier alpha value is -2.35. The van der Waals surface area contributed by atoms with Gasteiger partial charge in [-0.3, -0.25) is 4.79 Å². The van der Waals surface area contributed by atoms with Crippen LogP contribution in [0.2, 0.25) is 0 Å². The average molecular weight is 333 g/mol. The van der Waals surface area contributed by atoms with Crippen LogP contribution in [0, 0.1) is 0 Å². The predicted molar refractivity (Wildman–Crippen MR) is 81.3 cm³/mol. The molecule has 2 unspecified atom stereocenters. The number of amidine groups is 1. The van der Waals surface area contributed by atoms with Crippen LogP contribution in [0.15, 0.2) is 28.7 Å². The first-order valence-corrected chi connectivity index (χ1v) is 8.63. The highest BCUT2D eigenvalue weighted by Crippen LogP contribution is 2.36. The Morgan fingerprint density at radius 2 is 2.22 bits per heavy atom. The van der Waals surface area contributed by atoms with E-state index in [1.165, 1.54) is 4.90 Å². The molecular formula is C15H13N2O5S+. The van der Waals surface area contributed by atoms with Crippen molar-refractivity contribution in [2.24, 2.45) is 4.40 Å². The minimum atomic E-state index is -1.09. The van der Waals surface area contributed by atoms with Gasteiger partial charge < -0.3 is 9.47 Å². The SMILES string of the molecule is CC[S+]1N=C(C(=O)OC2OC(=O)c3ccccc32)N2C(=O)C[C@H]21. The molecule has 0 aliphatic carbocycles. The van der Waals surface area contributed by atoms with E-state index in [2.05, 4.69) is 4.40 Å². The van der Waals surface area contributed by atoms with E-state index < -0.39 is 18.2 Å². The van der Waals surface area contributed by atoms with Gasteiger partial charge in [0.2, 0.25) is 11.3 Å². The van der Waals surface area contributed by atoms with E-state index in [1.54, 1.807) is 24.3 Å². The Kier molecular flexibility index (Phi) is 3.15. The molecule has 0 N–H and O–H groups in total. The van der Waals surface area contributed by atoms with E-state index in [0.717, 1.165) is 5.75 Å². The second-order valence-corrected chi connectivity index (χ2v) is 7.36. The van der Waals surface area contributed by atoms with Crippen LogP contribution >= 0.6 is 0 Å². The van der Waals surface area contributed by atoms with Gasteiger partial charge in [-0.15, -0.1) is 0 Å². The van der Waals surface area contributed by atoms with Crippen molar-refractivity contribution in [3.63, 3.8) is 0 Å². The summed E-state index contributed by atoms with van der Waals surface area (Å²) in [5, 5.41) is -0.0199. The Morgan fingerprint density at radius 3 is 2.96 bits per heavy atom. The third-order valence-electron chi connectivity index (χ3n) is 3.99. The number of nitrogens with zero attached hydrogens (tertiary/aromatic N) is 2. The van der Waals surface area contributed by atoms with Crippen LogP contribution in [-0.4, -0.2) is 39.7 Å². The smallest absolute Gasteiger partial charge is 0.382 e. The lowest BCUT2D eigenvalue weighted by Gasteiger charge is -2.29. The maximum atomic E-state index is 12.4. The number of hydrogen-bond acceptors (Lipinski definition) is 6. The van der Waals surface area contributed by atoms with Crippen LogP contribution in [0.4, 0.5) is 0 Å². The minimum Gasteiger partial charge on any atom is -0.417 e. The molecule has 0 aromatic heterocycles. The van der Waals surface area contributed by atoms with Crippen LogP contribution in [0.1, 0.15) is 35.6 Å². The summed E-state index contributed by atoms with van der Waals surface area (Å²) < 4.78 is 14.7. The van der Waals surface area contributed by atoms with Gasteiger partial charge in [0.15, 0.2) is 11.1 Å². The first-order valence-electron chi connectivity index (χ1n) is 7.21. The fraction of sp³-hybridized carbons (Fsp3) is 0.333. The van der Waals surface area contributed by atoms with E-state index in [4.69, 9.17) is 9.47 Å². The van der Waals surface area contributed by atoms with Crippen molar-refractivity contribution in [1.82, 2.24) is 4.90 Å². The predicted octanol–water partition coefficient (Wildman–Crippen LogP) is 0.923. The molecule has 7 nitrogen and oxygen atoms in total. The number of β-lactam (4-membered cyclic amide) rings is 1. The molecule has 1 fully saturated rings. The molecule has 0 saturated carbocycles. The monoisotopic (exact) mass is 333 g/mol. The Balaban J connectivity index is 1.55. The number of amides is 1. The Bertz CT molecular complexity index is 762. The molecule has 0 bridgehead atoms. The van der Waals surface area contributed by atoms with Crippen LogP contribution in [0.5, 0.6) is 0 Å². The largest absolute Gasteiger partial charge is 0.417 e. The van der Waals surface area contributed by atoms with Gasteiger partial charge in [0.1, 0.15) is 5.75 Å². The van der Waals surface area contributed by atoms with E-state index in [0.29, 0.717) is 17.5 Å². The fourth-order valence-electron chi connectivity index (χ4n) is 2.82. The van der Waals surface area contributed by atoms with Crippen molar-refractivity contribution in [2.45, 2.75) is 25.0 Å². The van der Waals surface area contributed by atoms with Gasteiger partial charge in [0, 0.05) is 5.56 Å². The van der Waals surface area contributed by atoms with Gasteiger partial charge >= 0.3 is 11.9 Å². The van der Waals surface area contributed by atoms with Crippen molar-refractivity contribution in [1.29, 1.82) is 0 Å². The molecule has 0 radical (unpaired) electrons. The van der Waals surface area contributed by atoms with Gasteiger partial charge in [-0.2, -0.15) is 0 Å². The minimum absolute atomic E-state index is 0.0199. The summed E-state index contributed by atoms with van der Waals surface area (Å²) in [5.74, 6) is -0.597. The fourth-order valence-corrected chi connectivity index (χ4v) is 4.63. The highest BCUT2D eigenvalue weighted by Gasteiger charge is 2.59. The number of esters is 2. The van der Waals surface area contributed by atoms with Crippen molar-refractivity contribution in [3.05, 3.63) is 35.4 Å². The zero-order chi connectivity index (χ0) is 16.1. The van der Waals surface area contributed by atoms with E-state index in [1.807, 2.05) is 6.92 Å². The lowest BCUT2D eigenvalue weighted by atomic mass is 10.1. The molecule has 1 amide bonds. The van der Waals surface area contributed by atoms with Gasteiger partial charge in [0.25, 0.3) is 12.1 Å². The lowest BCUT2D eigenvalue weighted by Crippen LogP contribution is -2.56. The van der Waals surface area contributed by atoms with E-state index >= 15 is 0 Å². The van der Waals surface area contributed by atoms with Crippen LogP contribution in [-0.2, 0) is 30.1 Å². The summed E-state index contributed by atoms with van der Waals surface area (Å²) in [6, 6.07) is 6.73. The van der Waals surface area contributed by atoms with Gasteiger partial charge in [-0.1, -0.05) is 18.2 Å². The second-order valence-electron chi connectivity index (χ2n) is 5.26. The summed E-state index contributed by atoms with van der Waals surface area (Å²) in [7, 11) is 0. The Morgan fingerprint density at radius 1 is 1.43 bits per heavy atom. The maximum Gasteiger partial charge on any atom is 0.382 e. The molecular weight excluding hydrogens is 320 g/mol. The molecule has 118 valence electrons. The molecule has 3 heterocycles. The summed E-state index contributed by atoms with van der Waals surface area (Å²) in [6.45, 7) is 1.97. The number of benzene rings is 1. The van der Waals surface area contributed by atoms with Crippen molar-refractivity contribution < 1.29 is 23.9 Å². The third-order valence-corrected chi connectivity index (χ3v) is 6.00. The third kappa shape index (κ3) is 2.05. The number of carbonyl (C=O) groups is 3. The highest BCUT2D eigenvalue weighted by atomic mass is 32.2. The molecule has 3 aliphatic heterocycles. The van der Waals surface area contributed by atoms with Gasteiger partial charge in [-0.05, 0) is 17.4 Å². The molecule has 1 saturated heterocycles. The van der Waals surface area contributed by atoms with Crippen molar-refractivity contribution in [3.8, 4) is 0 Å². The average Bonchev–Trinajstić information content (AvgIpc) is 3.02. The van der Waals surface area contributed by atoms with Crippen LogP contribution in [0.25, 0.3) is 0 Å². The molecule has 8 heteroatoms. The number of carbonyl (C=O) groups excluding carboxylic acids is 3.